The fraction of sp³-hybridized carbons (Fsp3) is 0.423. The van der Waals surface area contributed by atoms with E-state index in [1.807, 2.05) is 52.0 Å². The predicted molar refractivity (Wildman–Crippen MR) is 133 cm³/mol. The van der Waals surface area contributed by atoms with Crippen LogP contribution in [-0.4, -0.2) is 54.0 Å². The Bertz CT molecular complexity index is 1210. The number of nitrogens with zero attached hydrogens (tertiary/aromatic N) is 2. The molecule has 2 aromatic carbocycles. The van der Waals surface area contributed by atoms with Crippen LogP contribution in [0, 0.1) is 6.92 Å². The van der Waals surface area contributed by atoms with Crippen LogP contribution in [0.15, 0.2) is 53.4 Å². The van der Waals surface area contributed by atoms with Gasteiger partial charge in [0.25, 0.3) is 15.9 Å². The first-order chi connectivity index (χ1) is 16.6. The molecule has 0 aromatic heterocycles. The summed E-state index contributed by atoms with van der Waals surface area (Å²) in [5.74, 6) is -1.28. The number of fused-ring (bicyclic) bond motifs is 1. The van der Waals surface area contributed by atoms with Crippen LogP contribution in [0.1, 0.15) is 61.5 Å². The Morgan fingerprint density at radius 3 is 2.31 bits per heavy atom. The molecular weight excluding hydrogens is 466 g/mol. The maximum absolute atomic E-state index is 13.5. The van der Waals surface area contributed by atoms with Gasteiger partial charge in [0.15, 0.2) is 0 Å². The zero-order chi connectivity index (χ0) is 25.8. The number of aryl methyl sites for hydroxylation is 1. The average molecular weight is 500 g/mol. The molecule has 0 bridgehead atoms. The molecule has 0 fully saturated rings. The number of amides is 3. The largest absolute Gasteiger partial charge is 0.352 e. The van der Waals surface area contributed by atoms with Crippen molar-refractivity contribution in [2.75, 3.05) is 6.54 Å². The summed E-state index contributed by atoms with van der Waals surface area (Å²) >= 11 is 0. The molecule has 3 rings (SSSR count). The van der Waals surface area contributed by atoms with Gasteiger partial charge in [-0.15, -0.1) is 0 Å². The number of carbonyl (C=O) groups excluding carboxylic acids is 3. The fourth-order valence-corrected chi connectivity index (χ4v) is 5.69. The molecule has 0 saturated heterocycles. The first kappa shape index (κ1) is 26.4. The van der Waals surface area contributed by atoms with Crippen molar-refractivity contribution in [1.29, 1.82) is 0 Å². The van der Waals surface area contributed by atoms with Crippen LogP contribution in [0.5, 0.6) is 0 Å². The van der Waals surface area contributed by atoms with Gasteiger partial charge in [0.2, 0.25) is 11.8 Å². The first-order valence-electron chi connectivity index (χ1n) is 11.9. The zero-order valence-corrected chi connectivity index (χ0v) is 21.5. The van der Waals surface area contributed by atoms with Gasteiger partial charge in [-0.2, -0.15) is 0 Å². The lowest BCUT2D eigenvalue weighted by molar-refractivity contribution is -0.141. The third-order valence-corrected chi connectivity index (χ3v) is 8.27. The Hall–Kier alpha value is -3.20. The Balaban J connectivity index is 1.84. The quantitative estimate of drug-likeness (QED) is 0.540. The Kier molecular flexibility index (Phi) is 8.32. The normalized spacial score (nSPS) is 15.9. The number of nitrogens with one attached hydrogen (secondary N) is 1. The monoisotopic (exact) mass is 499 g/mol. The fourth-order valence-electron chi connectivity index (χ4n) is 4.12. The molecule has 0 radical (unpaired) electrons. The summed E-state index contributed by atoms with van der Waals surface area (Å²) < 4.78 is 26.5. The van der Waals surface area contributed by atoms with Gasteiger partial charge in [-0.1, -0.05) is 50.2 Å². The SMILES string of the molecule is CCC(C)NC(=O)C(CC)N(Cc1ccccc1C)C(=O)CCN1C(=O)c2ccccc2S1(=O)=O. The van der Waals surface area contributed by atoms with Crippen molar-refractivity contribution in [3.63, 3.8) is 0 Å². The Morgan fingerprint density at radius 2 is 1.69 bits per heavy atom. The second-order valence-electron chi connectivity index (χ2n) is 8.82. The minimum atomic E-state index is -4.01. The van der Waals surface area contributed by atoms with Gasteiger partial charge >= 0.3 is 0 Å². The number of sulfonamides is 1. The van der Waals surface area contributed by atoms with Crippen molar-refractivity contribution in [2.45, 2.75) is 70.5 Å². The molecule has 3 amide bonds. The van der Waals surface area contributed by atoms with E-state index in [1.54, 1.807) is 12.1 Å². The Morgan fingerprint density at radius 1 is 1.03 bits per heavy atom. The zero-order valence-electron chi connectivity index (χ0n) is 20.7. The molecule has 2 aromatic rings. The summed E-state index contributed by atoms with van der Waals surface area (Å²) in [5.41, 5.74) is 1.99. The highest BCUT2D eigenvalue weighted by Gasteiger charge is 2.41. The lowest BCUT2D eigenvalue weighted by Gasteiger charge is -2.32. The highest BCUT2D eigenvalue weighted by molar-refractivity contribution is 7.90. The van der Waals surface area contributed by atoms with Crippen LogP contribution in [-0.2, 0) is 26.2 Å². The molecule has 1 heterocycles. The highest BCUT2D eigenvalue weighted by atomic mass is 32.2. The van der Waals surface area contributed by atoms with Crippen LogP contribution in [0.4, 0.5) is 0 Å². The molecule has 2 unspecified atom stereocenters. The van der Waals surface area contributed by atoms with Crippen molar-refractivity contribution >= 4 is 27.7 Å². The van der Waals surface area contributed by atoms with E-state index in [4.69, 9.17) is 0 Å². The van der Waals surface area contributed by atoms with Crippen molar-refractivity contribution < 1.29 is 22.8 Å². The second kappa shape index (κ2) is 11.0. The van der Waals surface area contributed by atoms with Crippen molar-refractivity contribution in [2.24, 2.45) is 0 Å². The van der Waals surface area contributed by atoms with Gasteiger partial charge in [0.05, 0.1) is 5.56 Å². The summed E-state index contributed by atoms with van der Waals surface area (Å²) in [6.45, 7) is 7.56. The van der Waals surface area contributed by atoms with Gasteiger partial charge in [-0.05, 0) is 49.9 Å². The predicted octanol–water partition coefficient (Wildman–Crippen LogP) is 3.25. The number of benzene rings is 2. The van der Waals surface area contributed by atoms with Crippen molar-refractivity contribution in [1.82, 2.24) is 14.5 Å². The molecule has 0 spiro atoms. The van der Waals surface area contributed by atoms with Gasteiger partial charge in [-0.25, -0.2) is 12.7 Å². The molecule has 1 aliphatic heterocycles. The van der Waals surface area contributed by atoms with E-state index in [9.17, 15) is 22.8 Å². The molecule has 1 aliphatic rings. The van der Waals surface area contributed by atoms with Crippen molar-refractivity contribution in [3.8, 4) is 0 Å². The van der Waals surface area contributed by atoms with Gasteiger partial charge < -0.3 is 10.2 Å². The summed E-state index contributed by atoms with van der Waals surface area (Å²) in [6.07, 6.45) is 0.924. The number of hydrogen-bond donors (Lipinski definition) is 1. The topological polar surface area (TPSA) is 104 Å². The molecule has 0 saturated carbocycles. The number of hydrogen-bond acceptors (Lipinski definition) is 5. The third kappa shape index (κ3) is 5.56. The van der Waals surface area contributed by atoms with E-state index in [2.05, 4.69) is 5.32 Å². The number of carbonyl (C=O) groups is 3. The maximum atomic E-state index is 13.5. The average Bonchev–Trinajstić information content (AvgIpc) is 3.03. The van der Waals surface area contributed by atoms with Crippen molar-refractivity contribution in [3.05, 3.63) is 65.2 Å². The molecular formula is C26H33N3O5S. The molecule has 8 nitrogen and oxygen atoms in total. The van der Waals surface area contributed by atoms with E-state index >= 15 is 0 Å². The van der Waals surface area contributed by atoms with E-state index < -0.39 is 27.9 Å². The molecule has 2 atom stereocenters. The smallest absolute Gasteiger partial charge is 0.269 e. The summed E-state index contributed by atoms with van der Waals surface area (Å²) in [6, 6.07) is 12.9. The van der Waals surface area contributed by atoms with E-state index in [0.29, 0.717) is 6.42 Å². The van der Waals surface area contributed by atoms with E-state index in [0.717, 1.165) is 21.9 Å². The van der Waals surface area contributed by atoms with Crippen LogP contribution in [0.2, 0.25) is 0 Å². The summed E-state index contributed by atoms with van der Waals surface area (Å²) in [7, 11) is -4.01. The van der Waals surface area contributed by atoms with E-state index in [1.165, 1.54) is 17.0 Å². The Labute approximate surface area is 207 Å². The number of rotatable bonds is 10. The minimum Gasteiger partial charge on any atom is -0.352 e. The minimum absolute atomic E-state index is 0.0437. The highest BCUT2D eigenvalue weighted by Crippen LogP contribution is 2.30. The molecule has 0 aliphatic carbocycles. The summed E-state index contributed by atoms with van der Waals surface area (Å²) in [5, 5.41) is 2.95. The third-order valence-electron chi connectivity index (χ3n) is 6.43. The second-order valence-corrected chi connectivity index (χ2v) is 10.6. The van der Waals surface area contributed by atoms with Crippen LogP contribution in [0.25, 0.3) is 0 Å². The molecule has 1 N–H and O–H groups in total. The van der Waals surface area contributed by atoms with Gasteiger partial charge in [0, 0.05) is 25.6 Å². The molecule has 9 heteroatoms. The first-order valence-corrected chi connectivity index (χ1v) is 13.4. The van der Waals surface area contributed by atoms with E-state index in [-0.39, 0.29) is 41.9 Å². The molecule has 35 heavy (non-hydrogen) atoms. The van der Waals surface area contributed by atoms with Crippen LogP contribution >= 0.6 is 0 Å². The molecule has 188 valence electrons. The lowest BCUT2D eigenvalue weighted by Crippen LogP contribution is -2.51. The van der Waals surface area contributed by atoms with Crippen LogP contribution < -0.4 is 5.32 Å². The standard InChI is InChI=1S/C26H33N3O5S/c1-5-19(4)27-25(31)22(6-2)28(17-20-12-8-7-11-18(20)3)24(30)15-16-29-26(32)21-13-9-10-14-23(21)35(29,33)34/h7-14,19,22H,5-6,15-17H2,1-4H3,(H,27,31). The maximum Gasteiger partial charge on any atom is 0.269 e. The summed E-state index contributed by atoms with van der Waals surface area (Å²) in [4.78, 5) is 40.7. The van der Waals surface area contributed by atoms with Crippen LogP contribution in [0.3, 0.4) is 0 Å². The lowest BCUT2D eigenvalue weighted by atomic mass is 10.1. The van der Waals surface area contributed by atoms with Gasteiger partial charge in [0.1, 0.15) is 10.9 Å². The van der Waals surface area contributed by atoms with Gasteiger partial charge in [-0.3, -0.25) is 14.4 Å².